The first kappa shape index (κ1) is 15.4. The lowest BCUT2D eigenvalue weighted by Gasteiger charge is -2.42. The minimum atomic E-state index is 0.289. The molecule has 2 nitrogen and oxygen atoms in total. The highest BCUT2D eigenvalue weighted by atomic mass is 16.3. The van der Waals surface area contributed by atoms with Gasteiger partial charge in [0, 0.05) is 6.61 Å². The molecule has 2 heteroatoms. The number of benzene rings is 1. The van der Waals surface area contributed by atoms with E-state index in [0.29, 0.717) is 23.0 Å². The molecule has 2 unspecified atom stereocenters. The van der Waals surface area contributed by atoms with Crippen LogP contribution in [0.5, 0.6) is 5.75 Å². The van der Waals surface area contributed by atoms with Crippen LogP contribution in [-0.4, -0.2) is 16.8 Å². The average molecular weight is 276 g/mol. The van der Waals surface area contributed by atoms with E-state index in [-0.39, 0.29) is 6.61 Å². The van der Waals surface area contributed by atoms with E-state index < -0.39 is 0 Å². The highest BCUT2D eigenvalue weighted by molar-refractivity contribution is 5.37. The van der Waals surface area contributed by atoms with E-state index in [4.69, 9.17) is 0 Å². The summed E-state index contributed by atoms with van der Waals surface area (Å²) >= 11 is 0. The Morgan fingerprint density at radius 2 is 2.05 bits per heavy atom. The first-order valence-corrected chi connectivity index (χ1v) is 7.90. The summed E-state index contributed by atoms with van der Waals surface area (Å²) < 4.78 is 0. The van der Waals surface area contributed by atoms with Gasteiger partial charge in [-0.25, -0.2) is 0 Å². The zero-order valence-electron chi connectivity index (χ0n) is 13.0. The van der Waals surface area contributed by atoms with Gasteiger partial charge in [0.2, 0.25) is 0 Å². The van der Waals surface area contributed by atoms with Crippen molar-refractivity contribution in [3.8, 4) is 5.75 Å². The first-order valence-electron chi connectivity index (χ1n) is 7.90. The molecule has 1 aliphatic carbocycles. The lowest BCUT2D eigenvalue weighted by Crippen LogP contribution is -2.32. The number of aliphatic hydroxyl groups is 1. The van der Waals surface area contributed by atoms with Gasteiger partial charge in [0.25, 0.3) is 0 Å². The molecule has 1 saturated carbocycles. The average Bonchev–Trinajstić information content (AvgIpc) is 2.41. The Morgan fingerprint density at radius 3 is 2.70 bits per heavy atom. The molecule has 0 radical (unpaired) electrons. The number of hydrogen-bond donors (Lipinski definition) is 2. The molecule has 0 saturated heterocycles. The topological polar surface area (TPSA) is 40.5 Å². The summed E-state index contributed by atoms with van der Waals surface area (Å²) in [6.07, 6.45) is 5.46. The normalized spacial score (nSPS) is 25.6. The lowest BCUT2D eigenvalue weighted by molar-refractivity contribution is 0.0940. The standard InChI is InChI=1S/C18H28O2/c1-4-13-12-16(20)5-6-17(13)14-7-9-18(2,3)15(11-14)8-10-19/h5-6,12,14-15,19-20H,4,7-11H2,1-3H3. The van der Waals surface area contributed by atoms with Crippen LogP contribution in [0.4, 0.5) is 0 Å². The molecule has 2 atom stereocenters. The summed E-state index contributed by atoms with van der Waals surface area (Å²) in [7, 11) is 0. The molecule has 0 aromatic heterocycles. The molecule has 1 aromatic rings. The fourth-order valence-electron chi connectivity index (χ4n) is 3.77. The van der Waals surface area contributed by atoms with Gasteiger partial charge in [-0.05, 0) is 72.6 Å². The van der Waals surface area contributed by atoms with Gasteiger partial charge in [0.05, 0.1) is 0 Å². The number of rotatable bonds is 4. The SMILES string of the molecule is CCc1cc(O)ccc1C1CCC(C)(C)C(CCO)C1. The van der Waals surface area contributed by atoms with Crippen molar-refractivity contribution in [3.63, 3.8) is 0 Å². The quantitative estimate of drug-likeness (QED) is 0.863. The molecule has 1 fully saturated rings. The van der Waals surface area contributed by atoms with Crippen molar-refractivity contribution < 1.29 is 10.2 Å². The molecule has 0 bridgehead atoms. The highest BCUT2D eigenvalue weighted by Crippen LogP contribution is 2.48. The van der Waals surface area contributed by atoms with Crippen molar-refractivity contribution in [1.29, 1.82) is 0 Å². The number of phenolic OH excluding ortho intramolecular Hbond substituents is 1. The molecule has 1 aliphatic rings. The Labute approximate surface area is 122 Å². The van der Waals surface area contributed by atoms with Gasteiger partial charge in [0.1, 0.15) is 5.75 Å². The number of aromatic hydroxyl groups is 1. The number of phenols is 1. The number of aryl methyl sites for hydroxylation is 1. The van der Waals surface area contributed by atoms with Crippen LogP contribution in [0.2, 0.25) is 0 Å². The van der Waals surface area contributed by atoms with Crippen LogP contribution in [-0.2, 0) is 6.42 Å². The summed E-state index contributed by atoms with van der Waals surface area (Å²) in [5.74, 6) is 1.54. The molecule has 112 valence electrons. The minimum absolute atomic E-state index is 0.289. The van der Waals surface area contributed by atoms with Crippen LogP contribution in [0, 0.1) is 11.3 Å². The van der Waals surface area contributed by atoms with Crippen LogP contribution in [0.25, 0.3) is 0 Å². The van der Waals surface area contributed by atoms with E-state index in [1.807, 2.05) is 12.1 Å². The van der Waals surface area contributed by atoms with Crippen molar-refractivity contribution >= 4 is 0 Å². The van der Waals surface area contributed by atoms with Gasteiger partial charge in [-0.2, -0.15) is 0 Å². The second kappa shape index (κ2) is 6.17. The van der Waals surface area contributed by atoms with E-state index in [2.05, 4.69) is 26.8 Å². The Kier molecular flexibility index (Phi) is 4.74. The van der Waals surface area contributed by atoms with Crippen LogP contribution >= 0.6 is 0 Å². The largest absolute Gasteiger partial charge is 0.508 e. The lowest BCUT2D eigenvalue weighted by atomic mass is 9.63. The van der Waals surface area contributed by atoms with E-state index in [0.717, 1.165) is 19.3 Å². The van der Waals surface area contributed by atoms with Gasteiger partial charge in [-0.15, -0.1) is 0 Å². The first-order chi connectivity index (χ1) is 9.47. The number of hydrogen-bond acceptors (Lipinski definition) is 2. The van der Waals surface area contributed by atoms with E-state index in [1.165, 1.54) is 24.0 Å². The van der Waals surface area contributed by atoms with Gasteiger partial charge in [0.15, 0.2) is 0 Å². The van der Waals surface area contributed by atoms with Crippen molar-refractivity contribution in [1.82, 2.24) is 0 Å². The molecule has 0 aliphatic heterocycles. The van der Waals surface area contributed by atoms with Crippen LogP contribution in [0.15, 0.2) is 18.2 Å². The van der Waals surface area contributed by atoms with Gasteiger partial charge in [-0.3, -0.25) is 0 Å². The van der Waals surface area contributed by atoms with Crippen molar-refractivity contribution in [2.75, 3.05) is 6.61 Å². The summed E-state index contributed by atoms with van der Waals surface area (Å²) in [4.78, 5) is 0. The molecular weight excluding hydrogens is 248 g/mol. The summed E-state index contributed by atoms with van der Waals surface area (Å²) in [6, 6.07) is 5.83. The maximum Gasteiger partial charge on any atom is 0.115 e. The molecular formula is C18H28O2. The fourth-order valence-corrected chi connectivity index (χ4v) is 3.77. The molecule has 0 spiro atoms. The Morgan fingerprint density at radius 1 is 1.30 bits per heavy atom. The molecule has 0 heterocycles. The Hall–Kier alpha value is -1.02. The van der Waals surface area contributed by atoms with Crippen LogP contribution < -0.4 is 0 Å². The molecule has 2 rings (SSSR count). The smallest absolute Gasteiger partial charge is 0.115 e. The van der Waals surface area contributed by atoms with E-state index in [9.17, 15) is 10.2 Å². The maximum atomic E-state index is 9.65. The van der Waals surface area contributed by atoms with Gasteiger partial charge >= 0.3 is 0 Å². The molecule has 2 N–H and O–H groups in total. The highest BCUT2D eigenvalue weighted by Gasteiger charge is 2.36. The van der Waals surface area contributed by atoms with Crippen molar-refractivity contribution in [2.45, 2.75) is 58.8 Å². The van der Waals surface area contributed by atoms with E-state index in [1.54, 1.807) is 0 Å². The fraction of sp³-hybridized carbons (Fsp3) is 0.667. The summed E-state index contributed by atoms with van der Waals surface area (Å²) in [5.41, 5.74) is 3.02. The van der Waals surface area contributed by atoms with Crippen molar-refractivity contribution in [3.05, 3.63) is 29.3 Å². The zero-order valence-corrected chi connectivity index (χ0v) is 13.0. The third-order valence-corrected chi connectivity index (χ3v) is 5.24. The predicted molar refractivity (Wildman–Crippen MR) is 83.1 cm³/mol. The minimum Gasteiger partial charge on any atom is -0.508 e. The van der Waals surface area contributed by atoms with Crippen LogP contribution in [0.1, 0.15) is 63.5 Å². The number of aliphatic hydroxyl groups excluding tert-OH is 1. The second-order valence-corrected chi connectivity index (χ2v) is 6.91. The predicted octanol–water partition coefficient (Wildman–Crippen LogP) is 4.25. The monoisotopic (exact) mass is 276 g/mol. The second-order valence-electron chi connectivity index (χ2n) is 6.91. The Bertz CT molecular complexity index is 451. The molecule has 0 amide bonds. The third kappa shape index (κ3) is 3.17. The summed E-state index contributed by atoms with van der Waals surface area (Å²) in [6.45, 7) is 7.11. The molecule has 20 heavy (non-hydrogen) atoms. The van der Waals surface area contributed by atoms with Gasteiger partial charge in [-0.1, -0.05) is 26.8 Å². The third-order valence-electron chi connectivity index (χ3n) is 5.24. The van der Waals surface area contributed by atoms with E-state index >= 15 is 0 Å². The maximum absolute atomic E-state index is 9.65. The van der Waals surface area contributed by atoms with Gasteiger partial charge < -0.3 is 10.2 Å². The van der Waals surface area contributed by atoms with Crippen molar-refractivity contribution in [2.24, 2.45) is 11.3 Å². The molecule has 1 aromatic carbocycles. The summed E-state index contributed by atoms with van der Waals surface area (Å²) in [5, 5.41) is 19.0. The zero-order chi connectivity index (χ0) is 14.8. The Balaban J connectivity index is 2.22. The van der Waals surface area contributed by atoms with Crippen LogP contribution in [0.3, 0.4) is 0 Å².